The molecule has 0 amide bonds. The summed E-state index contributed by atoms with van der Waals surface area (Å²) in [5.41, 5.74) is -0.0711. The highest BCUT2D eigenvalue weighted by molar-refractivity contribution is 9.10. The molecular weight excluding hydrogens is 242 g/mol. The van der Waals surface area contributed by atoms with Crippen LogP contribution in [0.15, 0.2) is 16.6 Å². The smallest absolute Gasteiger partial charge is 0.130 e. The second-order valence-electron chi connectivity index (χ2n) is 2.90. The van der Waals surface area contributed by atoms with Crippen molar-refractivity contribution in [1.29, 1.82) is 0 Å². The monoisotopic (exact) mass is 250 g/mol. The lowest BCUT2D eigenvalue weighted by molar-refractivity contribution is 0.192. The first-order valence-electron chi connectivity index (χ1n) is 3.82. The molecule has 1 rings (SSSR count). The molecule has 1 nitrogen and oxygen atoms in total. The van der Waals surface area contributed by atoms with Crippen LogP contribution < -0.4 is 0 Å². The van der Waals surface area contributed by atoms with Crippen LogP contribution in [-0.2, 0) is 6.42 Å². The van der Waals surface area contributed by atoms with Crippen molar-refractivity contribution in [2.24, 2.45) is 0 Å². The quantitative estimate of drug-likeness (QED) is 0.856. The van der Waals surface area contributed by atoms with E-state index >= 15 is 0 Å². The lowest BCUT2D eigenvalue weighted by atomic mass is 10.1. The zero-order valence-electron chi connectivity index (χ0n) is 7.02. The lowest BCUT2D eigenvalue weighted by Crippen LogP contribution is -2.08. The van der Waals surface area contributed by atoms with E-state index in [1.165, 1.54) is 19.1 Å². The van der Waals surface area contributed by atoms with Crippen molar-refractivity contribution in [2.45, 2.75) is 19.4 Å². The number of aliphatic hydroxyl groups excluding tert-OH is 1. The van der Waals surface area contributed by atoms with Gasteiger partial charge in [0.15, 0.2) is 0 Å². The van der Waals surface area contributed by atoms with E-state index in [0.29, 0.717) is 4.47 Å². The molecule has 0 aromatic heterocycles. The summed E-state index contributed by atoms with van der Waals surface area (Å²) < 4.78 is 26.5. The third kappa shape index (κ3) is 2.74. The molecule has 1 aromatic rings. The number of aliphatic hydroxyl groups is 1. The van der Waals surface area contributed by atoms with Gasteiger partial charge in [-0.3, -0.25) is 0 Å². The van der Waals surface area contributed by atoms with Gasteiger partial charge in [0.05, 0.1) is 6.10 Å². The second-order valence-corrected chi connectivity index (χ2v) is 3.82. The van der Waals surface area contributed by atoms with E-state index in [9.17, 15) is 8.78 Å². The summed E-state index contributed by atoms with van der Waals surface area (Å²) in [6, 6.07) is 2.36. The molecule has 0 aliphatic heterocycles. The minimum absolute atomic E-state index is 0.00898. The Bertz CT molecular complexity index is 289. The maximum Gasteiger partial charge on any atom is 0.130 e. The first-order valence-corrected chi connectivity index (χ1v) is 4.61. The van der Waals surface area contributed by atoms with Crippen LogP contribution in [0.5, 0.6) is 0 Å². The summed E-state index contributed by atoms with van der Waals surface area (Å²) in [6.45, 7) is 1.49. The van der Waals surface area contributed by atoms with E-state index < -0.39 is 17.7 Å². The zero-order chi connectivity index (χ0) is 10.0. The number of rotatable bonds is 2. The highest BCUT2D eigenvalue weighted by Crippen LogP contribution is 2.20. The molecule has 0 radical (unpaired) electrons. The Kier molecular flexibility index (Phi) is 3.39. The second kappa shape index (κ2) is 4.15. The molecule has 0 heterocycles. The van der Waals surface area contributed by atoms with E-state index in [1.54, 1.807) is 0 Å². The Morgan fingerprint density at radius 2 is 1.85 bits per heavy atom. The van der Waals surface area contributed by atoms with Gasteiger partial charge in [0.2, 0.25) is 0 Å². The number of benzene rings is 1. The Balaban J connectivity index is 3.06. The van der Waals surface area contributed by atoms with Crippen LogP contribution >= 0.6 is 15.9 Å². The van der Waals surface area contributed by atoms with Crippen molar-refractivity contribution in [1.82, 2.24) is 0 Å². The van der Waals surface area contributed by atoms with Crippen LogP contribution in [0.4, 0.5) is 8.78 Å². The van der Waals surface area contributed by atoms with Crippen molar-refractivity contribution in [2.75, 3.05) is 0 Å². The fourth-order valence-corrected chi connectivity index (χ4v) is 1.46. The molecule has 0 saturated carbocycles. The lowest BCUT2D eigenvalue weighted by Gasteiger charge is -2.07. The van der Waals surface area contributed by atoms with Gasteiger partial charge in [-0.2, -0.15) is 0 Å². The summed E-state index contributed by atoms with van der Waals surface area (Å²) in [4.78, 5) is 0. The summed E-state index contributed by atoms with van der Waals surface area (Å²) in [7, 11) is 0. The van der Waals surface area contributed by atoms with E-state index in [0.717, 1.165) is 0 Å². The molecule has 0 bridgehead atoms. The van der Waals surface area contributed by atoms with Crippen molar-refractivity contribution in [3.8, 4) is 0 Å². The Hall–Kier alpha value is -0.480. The SMILES string of the molecule is CC(O)Cc1c(F)cc(Br)cc1F. The number of hydrogen-bond acceptors (Lipinski definition) is 1. The van der Waals surface area contributed by atoms with Crippen molar-refractivity contribution < 1.29 is 13.9 Å². The summed E-state index contributed by atoms with van der Waals surface area (Å²) in [5, 5.41) is 8.98. The molecule has 4 heteroatoms. The van der Waals surface area contributed by atoms with Crippen molar-refractivity contribution in [3.63, 3.8) is 0 Å². The highest BCUT2D eigenvalue weighted by atomic mass is 79.9. The van der Waals surface area contributed by atoms with Gasteiger partial charge in [-0.05, 0) is 19.1 Å². The highest BCUT2D eigenvalue weighted by Gasteiger charge is 2.12. The minimum atomic E-state index is -0.745. The molecule has 1 atom stereocenters. The molecule has 13 heavy (non-hydrogen) atoms. The minimum Gasteiger partial charge on any atom is -0.393 e. The normalized spacial score (nSPS) is 13.0. The van der Waals surface area contributed by atoms with Crippen LogP contribution in [0, 0.1) is 11.6 Å². The van der Waals surface area contributed by atoms with Crippen LogP contribution in [0.3, 0.4) is 0 Å². The topological polar surface area (TPSA) is 20.2 Å². The molecule has 72 valence electrons. The first-order chi connectivity index (χ1) is 6.00. The molecule has 1 unspecified atom stereocenters. The molecule has 0 spiro atoms. The third-order valence-corrected chi connectivity index (χ3v) is 2.06. The fraction of sp³-hybridized carbons (Fsp3) is 0.333. The average molecular weight is 251 g/mol. The van der Waals surface area contributed by atoms with Crippen molar-refractivity contribution >= 4 is 15.9 Å². The van der Waals surface area contributed by atoms with Crippen LogP contribution in [0.2, 0.25) is 0 Å². The molecule has 0 aliphatic rings. The Morgan fingerprint density at radius 1 is 1.38 bits per heavy atom. The van der Waals surface area contributed by atoms with E-state index in [1.807, 2.05) is 0 Å². The maximum atomic E-state index is 13.1. The molecule has 1 aromatic carbocycles. The number of halogens is 3. The van der Waals surface area contributed by atoms with Crippen LogP contribution in [0.1, 0.15) is 12.5 Å². The zero-order valence-corrected chi connectivity index (χ0v) is 8.61. The molecule has 0 saturated heterocycles. The predicted octanol–water partition coefficient (Wildman–Crippen LogP) is 2.65. The Morgan fingerprint density at radius 3 is 2.23 bits per heavy atom. The largest absolute Gasteiger partial charge is 0.393 e. The fourth-order valence-electron chi connectivity index (χ4n) is 1.06. The van der Waals surface area contributed by atoms with Crippen LogP contribution in [-0.4, -0.2) is 11.2 Å². The average Bonchev–Trinajstić information content (AvgIpc) is 1.96. The van der Waals surface area contributed by atoms with Gasteiger partial charge < -0.3 is 5.11 Å². The van der Waals surface area contributed by atoms with E-state index in [2.05, 4.69) is 15.9 Å². The molecule has 0 fully saturated rings. The van der Waals surface area contributed by atoms with E-state index in [-0.39, 0.29) is 12.0 Å². The predicted molar refractivity (Wildman–Crippen MR) is 49.4 cm³/mol. The Labute approximate surface area is 83.5 Å². The van der Waals surface area contributed by atoms with Gasteiger partial charge >= 0.3 is 0 Å². The molecule has 1 N–H and O–H groups in total. The van der Waals surface area contributed by atoms with Gasteiger partial charge in [0.1, 0.15) is 11.6 Å². The van der Waals surface area contributed by atoms with Crippen molar-refractivity contribution in [3.05, 3.63) is 33.8 Å². The third-order valence-electron chi connectivity index (χ3n) is 1.61. The summed E-state index contributed by atoms with van der Waals surface area (Å²) in [6.07, 6.45) is -0.754. The summed E-state index contributed by atoms with van der Waals surface area (Å²) in [5.74, 6) is -1.26. The van der Waals surface area contributed by atoms with Gasteiger partial charge in [-0.25, -0.2) is 8.78 Å². The van der Waals surface area contributed by atoms with Gasteiger partial charge in [-0.1, -0.05) is 15.9 Å². The summed E-state index contributed by atoms with van der Waals surface area (Å²) >= 11 is 2.97. The van der Waals surface area contributed by atoms with Gasteiger partial charge in [0, 0.05) is 16.5 Å². The maximum absolute atomic E-state index is 13.1. The molecule has 0 aliphatic carbocycles. The number of hydrogen-bond donors (Lipinski definition) is 1. The standard InChI is InChI=1S/C9H9BrF2O/c1-5(13)2-7-8(11)3-6(10)4-9(7)12/h3-5,13H,2H2,1H3. The van der Waals surface area contributed by atoms with E-state index in [4.69, 9.17) is 5.11 Å². The van der Waals surface area contributed by atoms with Gasteiger partial charge in [-0.15, -0.1) is 0 Å². The molecular formula is C9H9BrF2O. The first kappa shape index (κ1) is 10.6. The van der Waals surface area contributed by atoms with Gasteiger partial charge in [0.25, 0.3) is 0 Å². The van der Waals surface area contributed by atoms with Crippen LogP contribution in [0.25, 0.3) is 0 Å².